The van der Waals surface area contributed by atoms with Crippen molar-refractivity contribution in [3.05, 3.63) is 40.2 Å². The lowest BCUT2D eigenvalue weighted by Gasteiger charge is -2.14. The Labute approximate surface area is 153 Å². The van der Waals surface area contributed by atoms with Gasteiger partial charge in [-0.05, 0) is 31.9 Å². The summed E-state index contributed by atoms with van der Waals surface area (Å²) in [5.74, 6) is -0.981. The Morgan fingerprint density at radius 3 is 2.62 bits per heavy atom. The van der Waals surface area contributed by atoms with Crippen molar-refractivity contribution in [2.75, 3.05) is 0 Å². The third kappa shape index (κ3) is 4.31. The molecule has 1 aromatic carbocycles. The van der Waals surface area contributed by atoms with Gasteiger partial charge in [-0.25, -0.2) is 5.43 Å². The van der Waals surface area contributed by atoms with E-state index < -0.39 is 11.5 Å². The van der Waals surface area contributed by atoms with Gasteiger partial charge in [0.1, 0.15) is 11.3 Å². The molecule has 0 aliphatic rings. The van der Waals surface area contributed by atoms with E-state index in [1.54, 1.807) is 29.7 Å². The van der Waals surface area contributed by atoms with E-state index in [1.165, 1.54) is 0 Å². The van der Waals surface area contributed by atoms with Crippen LogP contribution in [0.5, 0.6) is 5.75 Å². The number of amides is 1. The molecule has 140 valence electrons. The smallest absolute Gasteiger partial charge is 0.280 e. The number of carbonyl (C=O) groups excluding carboxylic acids is 1. The number of unbranched alkanes of at least 4 members (excludes halogenated alkanes) is 3. The zero-order chi connectivity index (χ0) is 19.1. The SMILES string of the molecule is CCCCCCn1c(=O)c(C(=O)NN=C(C)CC)c(O)c2ccccc21. The van der Waals surface area contributed by atoms with Crippen LogP contribution in [0.2, 0.25) is 0 Å². The van der Waals surface area contributed by atoms with Crippen molar-refractivity contribution in [3.63, 3.8) is 0 Å². The molecule has 0 fully saturated rings. The number of para-hydroxylation sites is 1. The van der Waals surface area contributed by atoms with Gasteiger partial charge in [0.05, 0.1) is 5.52 Å². The number of carbonyl (C=O) groups is 1. The van der Waals surface area contributed by atoms with Gasteiger partial charge in [-0.2, -0.15) is 5.10 Å². The summed E-state index contributed by atoms with van der Waals surface area (Å²) in [6.07, 6.45) is 4.75. The first kappa shape index (κ1) is 19.7. The summed E-state index contributed by atoms with van der Waals surface area (Å²) in [6, 6.07) is 7.09. The van der Waals surface area contributed by atoms with Crippen LogP contribution < -0.4 is 11.0 Å². The largest absolute Gasteiger partial charge is 0.506 e. The van der Waals surface area contributed by atoms with Crippen LogP contribution in [0.1, 0.15) is 63.2 Å². The molecule has 2 N–H and O–H groups in total. The van der Waals surface area contributed by atoms with Crippen LogP contribution in [-0.4, -0.2) is 21.3 Å². The Morgan fingerprint density at radius 2 is 1.92 bits per heavy atom. The average molecular weight is 357 g/mol. The molecule has 2 aromatic rings. The maximum Gasteiger partial charge on any atom is 0.280 e. The van der Waals surface area contributed by atoms with Crippen molar-refractivity contribution in [1.82, 2.24) is 9.99 Å². The highest BCUT2D eigenvalue weighted by Crippen LogP contribution is 2.26. The highest BCUT2D eigenvalue weighted by Gasteiger charge is 2.21. The molecule has 2 rings (SSSR count). The molecule has 0 saturated heterocycles. The van der Waals surface area contributed by atoms with Gasteiger partial charge in [0.2, 0.25) is 0 Å². The third-order valence-electron chi connectivity index (χ3n) is 4.47. The summed E-state index contributed by atoms with van der Waals surface area (Å²) in [5, 5.41) is 15.0. The summed E-state index contributed by atoms with van der Waals surface area (Å²) >= 11 is 0. The van der Waals surface area contributed by atoms with E-state index in [9.17, 15) is 14.7 Å². The summed E-state index contributed by atoms with van der Waals surface area (Å²) in [7, 11) is 0. The van der Waals surface area contributed by atoms with Crippen LogP contribution in [0, 0.1) is 0 Å². The van der Waals surface area contributed by atoms with Gasteiger partial charge in [0.15, 0.2) is 0 Å². The van der Waals surface area contributed by atoms with E-state index in [0.717, 1.165) is 31.4 Å². The zero-order valence-corrected chi connectivity index (χ0v) is 15.7. The van der Waals surface area contributed by atoms with Gasteiger partial charge in [-0.3, -0.25) is 9.59 Å². The minimum absolute atomic E-state index is 0.258. The van der Waals surface area contributed by atoms with Gasteiger partial charge in [-0.15, -0.1) is 0 Å². The van der Waals surface area contributed by atoms with Crippen LogP contribution >= 0.6 is 0 Å². The lowest BCUT2D eigenvalue weighted by molar-refractivity contribution is 0.0950. The topological polar surface area (TPSA) is 83.7 Å². The molecule has 1 amide bonds. The first-order valence-corrected chi connectivity index (χ1v) is 9.19. The highest BCUT2D eigenvalue weighted by molar-refractivity contribution is 6.02. The summed E-state index contributed by atoms with van der Waals surface area (Å²) < 4.78 is 1.58. The molecule has 0 atom stereocenters. The van der Waals surface area contributed by atoms with Crippen molar-refractivity contribution in [1.29, 1.82) is 0 Å². The molecule has 1 heterocycles. The molecule has 6 heteroatoms. The highest BCUT2D eigenvalue weighted by atomic mass is 16.3. The molecule has 6 nitrogen and oxygen atoms in total. The van der Waals surface area contributed by atoms with Gasteiger partial charge in [0.25, 0.3) is 11.5 Å². The van der Waals surface area contributed by atoms with Gasteiger partial charge in [0, 0.05) is 17.6 Å². The molecule has 26 heavy (non-hydrogen) atoms. The molecular formula is C20H27N3O3. The Kier molecular flexibility index (Phi) is 6.95. The maximum absolute atomic E-state index is 12.9. The number of nitrogens with one attached hydrogen (secondary N) is 1. The van der Waals surface area contributed by atoms with Crippen molar-refractivity contribution in [2.45, 2.75) is 59.4 Å². The fraction of sp³-hybridized carbons (Fsp3) is 0.450. The molecule has 0 saturated carbocycles. The number of nitrogens with zero attached hydrogens (tertiary/aromatic N) is 2. The minimum atomic E-state index is -0.687. The van der Waals surface area contributed by atoms with Gasteiger partial charge in [-0.1, -0.05) is 45.2 Å². The second-order valence-electron chi connectivity index (χ2n) is 6.40. The normalized spacial score (nSPS) is 11.7. The molecule has 0 unspecified atom stereocenters. The number of aryl methyl sites for hydroxylation is 1. The fourth-order valence-electron chi connectivity index (χ4n) is 2.79. The lowest BCUT2D eigenvalue weighted by Crippen LogP contribution is -2.32. The van der Waals surface area contributed by atoms with E-state index in [-0.39, 0.29) is 11.3 Å². The minimum Gasteiger partial charge on any atom is -0.506 e. The first-order chi connectivity index (χ1) is 12.5. The molecule has 0 aliphatic carbocycles. The fourth-order valence-corrected chi connectivity index (χ4v) is 2.79. The van der Waals surface area contributed by atoms with E-state index >= 15 is 0 Å². The van der Waals surface area contributed by atoms with Crippen molar-refractivity contribution in [2.24, 2.45) is 5.10 Å². The molecule has 0 bridgehead atoms. The molecular weight excluding hydrogens is 330 g/mol. The molecule has 0 aliphatic heterocycles. The molecule has 0 radical (unpaired) electrons. The van der Waals surface area contributed by atoms with E-state index in [2.05, 4.69) is 17.5 Å². The Bertz CT molecular complexity index is 868. The first-order valence-electron chi connectivity index (χ1n) is 9.19. The number of hydrazone groups is 1. The number of hydrogen-bond donors (Lipinski definition) is 2. The zero-order valence-electron chi connectivity index (χ0n) is 15.7. The number of hydrogen-bond acceptors (Lipinski definition) is 4. The summed E-state index contributed by atoms with van der Waals surface area (Å²) in [5.41, 5.74) is 3.00. The van der Waals surface area contributed by atoms with Crippen molar-refractivity contribution in [3.8, 4) is 5.75 Å². The number of benzene rings is 1. The van der Waals surface area contributed by atoms with Crippen LogP contribution in [-0.2, 0) is 6.54 Å². The summed E-state index contributed by atoms with van der Waals surface area (Å²) in [4.78, 5) is 25.4. The van der Waals surface area contributed by atoms with E-state index in [4.69, 9.17) is 0 Å². The predicted octanol–water partition coefficient (Wildman–Crippen LogP) is 3.80. The third-order valence-corrected chi connectivity index (χ3v) is 4.47. The quantitative estimate of drug-likeness (QED) is 0.428. The standard InChI is InChI=1S/C20H27N3O3/c1-4-6-7-10-13-23-16-12-9-8-11-15(16)18(24)17(20(23)26)19(25)22-21-14(3)5-2/h8-9,11-12,24H,4-7,10,13H2,1-3H3,(H,22,25). The van der Waals surface area contributed by atoms with Crippen molar-refractivity contribution >= 4 is 22.5 Å². The molecule has 1 aromatic heterocycles. The number of pyridine rings is 1. The Hall–Kier alpha value is -2.63. The number of rotatable bonds is 8. The number of aromatic hydroxyl groups is 1. The van der Waals surface area contributed by atoms with Gasteiger partial charge >= 0.3 is 0 Å². The summed E-state index contributed by atoms with van der Waals surface area (Å²) in [6.45, 7) is 6.34. The Balaban J connectivity index is 2.49. The van der Waals surface area contributed by atoms with Crippen LogP contribution in [0.3, 0.4) is 0 Å². The molecule has 0 spiro atoms. The maximum atomic E-state index is 12.9. The number of aromatic nitrogens is 1. The second kappa shape index (κ2) is 9.17. The second-order valence-corrected chi connectivity index (χ2v) is 6.40. The van der Waals surface area contributed by atoms with E-state index in [0.29, 0.717) is 23.9 Å². The van der Waals surface area contributed by atoms with E-state index in [1.807, 2.05) is 13.0 Å². The van der Waals surface area contributed by atoms with Crippen molar-refractivity contribution < 1.29 is 9.90 Å². The van der Waals surface area contributed by atoms with Crippen LogP contribution in [0.4, 0.5) is 0 Å². The predicted molar refractivity (Wildman–Crippen MR) is 105 cm³/mol. The Morgan fingerprint density at radius 1 is 1.19 bits per heavy atom. The van der Waals surface area contributed by atoms with Gasteiger partial charge < -0.3 is 9.67 Å². The lowest BCUT2D eigenvalue weighted by atomic mass is 10.1. The number of fused-ring (bicyclic) bond motifs is 1. The monoisotopic (exact) mass is 357 g/mol. The van der Waals surface area contributed by atoms with Crippen LogP contribution in [0.15, 0.2) is 34.2 Å². The van der Waals surface area contributed by atoms with Crippen LogP contribution in [0.25, 0.3) is 10.9 Å². The average Bonchev–Trinajstić information content (AvgIpc) is 2.65.